The first-order chi connectivity index (χ1) is 8.37. The van der Waals surface area contributed by atoms with Crippen LogP contribution in [-0.4, -0.2) is 14.2 Å². The van der Waals surface area contributed by atoms with Crippen LogP contribution in [0.5, 0.6) is 5.75 Å². The molecule has 0 spiro atoms. The maximum Gasteiger partial charge on any atom is 0.124 e. The molecule has 1 aromatic carbocycles. The maximum absolute atomic E-state index is 9.28. The van der Waals surface area contributed by atoms with Crippen LogP contribution in [0.4, 0.5) is 0 Å². The second-order valence-electron chi connectivity index (χ2n) is 5.24. The van der Waals surface area contributed by atoms with Crippen molar-refractivity contribution in [2.24, 2.45) is 5.41 Å². The fraction of sp³-hybridized carbons (Fsp3) is 0.533. The van der Waals surface area contributed by atoms with Crippen molar-refractivity contribution in [3.63, 3.8) is 0 Å². The summed E-state index contributed by atoms with van der Waals surface area (Å²) in [6.07, 6.45) is 0. The number of rotatable bonds is 4. The molecule has 0 saturated carbocycles. The van der Waals surface area contributed by atoms with Gasteiger partial charge in [-0.2, -0.15) is 5.26 Å². The third-order valence-corrected chi connectivity index (χ3v) is 3.32. The number of nitriles is 1. The van der Waals surface area contributed by atoms with Crippen molar-refractivity contribution in [3.8, 4) is 11.8 Å². The van der Waals surface area contributed by atoms with E-state index >= 15 is 0 Å². The Bertz CT molecular complexity index is 449. The van der Waals surface area contributed by atoms with E-state index in [0.29, 0.717) is 0 Å². The van der Waals surface area contributed by atoms with Gasteiger partial charge in [0, 0.05) is 0 Å². The minimum absolute atomic E-state index is 0.00538. The quantitative estimate of drug-likeness (QED) is 0.887. The van der Waals surface area contributed by atoms with E-state index in [1.807, 2.05) is 34.7 Å². The zero-order valence-electron chi connectivity index (χ0n) is 12.1. The molecule has 3 heteroatoms. The maximum atomic E-state index is 9.28. The van der Waals surface area contributed by atoms with Crippen LogP contribution in [0.25, 0.3) is 0 Å². The van der Waals surface area contributed by atoms with E-state index in [9.17, 15) is 5.26 Å². The van der Waals surface area contributed by atoms with Crippen LogP contribution in [-0.2, 0) is 0 Å². The minimum Gasteiger partial charge on any atom is -0.496 e. The number of methoxy groups -OCH3 is 1. The number of benzene rings is 1. The Labute approximate surface area is 110 Å². The van der Waals surface area contributed by atoms with Crippen molar-refractivity contribution >= 4 is 0 Å². The predicted octanol–water partition coefficient (Wildman–Crippen LogP) is 3.12. The van der Waals surface area contributed by atoms with Gasteiger partial charge < -0.3 is 10.1 Å². The van der Waals surface area contributed by atoms with Crippen molar-refractivity contribution in [3.05, 3.63) is 28.8 Å². The van der Waals surface area contributed by atoms with Crippen molar-refractivity contribution in [1.29, 1.82) is 5.26 Å². The fourth-order valence-corrected chi connectivity index (χ4v) is 2.48. The number of hydrogen-bond acceptors (Lipinski definition) is 3. The van der Waals surface area contributed by atoms with Crippen LogP contribution >= 0.6 is 0 Å². The van der Waals surface area contributed by atoms with E-state index in [1.165, 1.54) is 0 Å². The summed E-state index contributed by atoms with van der Waals surface area (Å²) in [7, 11) is 3.57. The van der Waals surface area contributed by atoms with E-state index < -0.39 is 5.41 Å². The third-order valence-electron chi connectivity index (χ3n) is 3.32. The van der Waals surface area contributed by atoms with Gasteiger partial charge in [-0.05, 0) is 51.4 Å². The average Bonchev–Trinajstić information content (AvgIpc) is 2.29. The molecule has 0 bridgehead atoms. The molecule has 1 N–H and O–H groups in total. The molecule has 0 amide bonds. The number of hydrogen-bond donors (Lipinski definition) is 1. The summed E-state index contributed by atoms with van der Waals surface area (Å²) in [5, 5.41) is 12.5. The zero-order valence-corrected chi connectivity index (χ0v) is 12.1. The number of nitrogens with one attached hydrogen (secondary N) is 1. The van der Waals surface area contributed by atoms with Gasteiger partial charge in [-0.3, -0.25) is 0 Å². The average molecular weight is 246 g/mol. The largest absolute Gasteiger partial charge is 0.496 e. The first-order valence-electron chi connectivity index (χ1n) is 6.11. The monoisotopic (exact) mass is 246 g/mol. The number of nitrogens with zero attached hydrogens (tertiary/aromatic N) is 1. The van der Waals surface area contributed by atoms with E-state index in [-0.39, 0.29) is 6.04 Å². The Morgan fingerprint density at radius 2 is 1.78 bits per heavy atom. The summed E-state index contributed by atoms with van der Waals surface area (Å²) >= 11 is 0. The molecule has 0 heterocycles. The topological polar surface area (TPSA) is 45.0 Å². The molecule has 0 aromatic heterocycles. The standard InChI is InChI=1S/C15H22N2O/c1-10-7-12(8-11(2)13(10)18-6)14(17-5)15(3,4)9-16/h7-8,14,17H,1-6H3. The highest BCUT2D eigenvalue weighted by Gasteiger charge is 2.30. The Morgan fingerprint density at radius 1 is 1.28 bits per heavy atom. The molecular formula is C15H22N2O. The SMILES string of the molecule is CNC(c1cc(C)c(OC)c(C)c1)C(C)(C)C#N. The number of ether oxygens (including phenoxy) is 1. The van der Waals surface area contributed by atoms with Crippen molar-refractivity contribution in [2.75, 3.05) is 14.2 Å². The van der Waals surface area contributed by atoms with E-state index in [1.54, 1.807) is 7.11 Å². The Hall–Kier alpha value is -1.53. The molecule has 3 nitrogen and oxygen atoms in total. The van der Waals surface area contributed by atoms with Gasteiger partial charge in [-0.15, -0.1) is 0 Å². The Morgan fingerprint density at radius 3 is 2.11 bits per heavy atom. The smallest absolute Gasteiger partial charge is 0.124 e. The van der Waals surface area contributed by atoms with Gasteiger partial charge in [-0.25, -0.2) is 0 Å². The van der Waals surface area contributed by atoms with Crippen molar-refractivity contribution in [2.45, 2.75) is 33.7 Å². The molecule has 0 aliphatic carbocycles. The van der Waals surface area contributed by atoms with Crippen LogP contribution in [0.15, 0.2) is 12.1 Å². The number of aryl methyl sites for hydroxylation is 2. The predicted molar refractivity (Wildman–Crippen MR) is 73.7 cm³/mol. The summed E-state index contributed by atoms with van der Waals surface area (Å²) in [5.74, 6) is 0.920. The van der Waals surface area contributed by atoms with Crippen LogP contribution in [0.1, 0.15) is 36.6 Å². The van der Waals surface area contributed by atoms with Gasteiger partial charge in [0.05, 0.1) is 24.6 Å². The first kappa shape index (κ1) is 14.5. The fourth-order valence-electron chi connectivity index (χ4n) is 2.48. The lowest BCUT2D eigenvalue weighted by molar-refractivity contribution is 0.343. The van der Waals surface area contributed by atoms with Gasteiger partial charge in [0.25, 0.3) is 0 Å². The van der Waals surface area contributed by atoms with Gasteiger partial charge in [0.15, 0.2) is 0 Å². The third kappa shape index (κ3) is 2.65. The van der Waals surface area contributed by atoms with Crippen LogP contribution in [0.3, 0.4) is 0 Å². The summed E-state index contributed by atoms with van der Waals surface area (Å²) in [4.78, 5) is 0. The highest BCUT2D eigenvalue weighted by atomic mass is 16.5. The van der Waals surface area contributed by atoms with E-state index in [0.717, 1.165) is 22.4 Å². The van der Waals surface area contributed by atoms with Crippen LogP contribution in [0, 0.1) is 30.6 Å². The molecule has 1 rings (SSSR count). The minimum atomic E-state index is -0.456. The van der Waals surface area contributed by atoms with Gasteiger partial charge in [-0.1, -0.05) is 12.1 Å². The second-order valence-corrected chi connectivity index (χ2v) is 5.24. The van der Waals surface area contributed by atoms with Crippen LogP contribution < -0.4 is 10.1 Å². The molecule has 0 aliphatic heterocycles. The zero-order chi connectivity index (χ0) is 13.9. The molecule has 0 radical (unpaired) electrons. The summed E-state index contributed by atoms with van der Waals surface area (Å²) in [5.41, 5.74) is 2.87. The molecule has 1 atom stereocenters. The van der Waals surface area contributed by atoms with E-state index in [4.69, 9.17) is 4.74 Å². The summed E-state index contributed by atoms with van der Waals surface area (Å²) in [6.45, 7) is 7.95. The molecule has 0 aliphatic rings. The molecule has 1 unspecified atom stereocenters. The normalized spacial score (nSPS) is 12.9. The Kier molecular flexibility index (Phi) is 4.37. The van der Waals surface area contributed by atoms with E-state index in [2.05, 4.69) is 23.5 Å². The molecule has 1 aromatic rings. The lowest BCUT2D eigenvalue weighted by Crippen LogP contribution is -2.31. The van der Waals surface area contributed by atoms with Gasteiger partial charge in [0.1, 0.15) is 5.75 Å². The molecule has 0 fully saturated rings. The summed E-state index contributed by atoms with van der Waals surface area (Å²) in [6, 6.07) is 6.55. The second kappa shape index (κ2) is 5.41. The van der Waals surface area contributed by atoms with Crippen molar-refractivity contribution < 1.29 is 4.74 Å². The first-order valence-corrected chi connectivity index (χ1v) is 6.11. The van der Waals surface area contributed by atoms with Gasteiger partial charge >= 0.3 is 0 Å². The highest BCUT2D eigenvalue weighted by Crippen LogP contribution is 2.35. The lowest BCUT2D eigenvalue weighted by atomic mass is 9.81. The molecular weight excluding hydrogens is 224 g/mol. The molecule has 0 saturated heterocycles. The van der Waals surface area contributed by atoms with Gasteiger partial charge in [0.2, 0.25) is 0 Å². The lowest BCUT2D eigenvalue weighted by Gasteiger charge is -2.29. The van der Waals surface area contributed by atoms with Crippen molar-refractivity contribution in [1.82, 2.24) is 5.32 Å². The Balaban J connectivity index is 3.29. The molecule has 18 heavy (non-hydrogen) atoms. The van der Waals surface area contributed by atoms with Crippen LogP contribution in [0.2, 0.25) is 0 Å². The highest BCUT2D eigenvalue weighted by molar-refractivity contribution is 5.44. The summed E-state index contributed by atoms with van der Waals surface area (Å²) < 4.78 is 5.37. The molecule has 98 valence electrons.